The Morgan fingerprint density at radius 1 is 1.29 bits per heavy atom. The van der Waals surface area contributed by atoms with E-state index < -0.39 is 0 Å². The van der Waals surface area contributed by atoms with Crippen molar-refractivity contribution in [3.05, 3.63) is 22.5 Å². The molecular formula is C12H16N2. The van der Waals surface area contributed by atoms with Gasteiger partial charge >= 0.3 is 0 Å². The van der Waals surface area contributed by atoms with E-state index in [9.17, 15) is 0 Å². The monoisotopic (exact) mass is 188 g/mol. The molecule has 1 aromatic rings. The third kappa shape index (κ3) is 1.06. The molecular weight excluding hydrogens is 172 g/mol. The predicted octanol–water partition coefficient (Wildman–Crippen LogP) is 2.34. The van der Waals surface area contributed by atoms with Crippen LogP contribution < -0.4 is 5.73 Å². The van der Waals surface area contributed by atoms with Gasteiger partial charge in [-0.05, 0) is 50.2 Å². The minimum atomic E-state index is 0.725. The fourth-order valence-electron chi connectivity index (χ4n) is 2.49. The maximum absolute atomic E-state index is 6.16. The first-order valence-corrected chi connectivity index (χ1v) is 5.55. The van der Waals surface area contributed by atoms with Crippen molar-refractivity contribution in [3.8, 4) is 0 Å². The van der Waals surface area contributed by atoms with Crippen molar-refractivity contribution in [1.82, 2.24) is 4.98 Å². The molecule has 0 amide bonds. The van der Waals surface area contributed by atoms with Gasteiger partial charge in [0.05, 0.1) is 0 Å². The van der Waals surface area contributed by atoms with Crippen LogP contribution in [0.25, 0.3) is 0 Å². The van der Waals surface area contributed by atoms with E-state index in [0.29, 0.717) is 0 Å². The van der Waals surface area contributed by atoms with Crippen molar-refractivity contribution in [2.75, 3.05) is 5.73 Å². The lowest BCUT2D eigenvalue weighted by molar-refractivity contribution is 0.888. The van der Waals surface area contributed by atoms with E-state index >= 15 is 0 Å². The third-order valence-electron chi connectivity index (χ3n) is 3.52. The van der Waals surface area contributed by atoms with Crippen LogP contribution in [-0.2, 0) is 12.8 Å². The minimum Gasteiger partial charge on any atom is -0.398 e. The number of nitrogen functional groups attached to an aromatic ring is 1. The van der Waals surface area contributed by atoms with Gasteiger partial charge in [0.1, 0.15) is 0 Å². The molecule has 0 unspecified atom stereocenters. The summed E-state index contributed by atoms with van der Waals surface area (Å²) in [7, 11) is 0. The Bertz CT molecular complexity index is 392. The molecule has 1 heterocycles. The van der Waals surface area contributed by atoms with Crippen molar-refractivity contribution in [1.29, 1.82) is 0 Å². The number of rotatable bonds is 1. The van der Waals surface area contributed by atoms with Crippen molar-refractivity contribution in [2.45, 2.75) is 44.9 Å². The SMILES string of the molecule is Cc1c(C2CC2)nc2c(c1N)CCC2. The van der Waals surface area contributed by atoms with E-state index in [4.69, 9.17) is 10.7 Å². The number of nitrogens with two attached hydrogens (primary N) is 1. The summed E-state index contributed by atoms with van der Waals surface area (Å²) in [5.41, 5.74) is 12.4. The molecule has 1 aromatic heterocycles. The van der Waals surface area contributed by atoms with E-state index in [1.54, 1.807) is 0 Å². The van der Waals surface area contributed by atoms with Crippen molar-refractivity contribution >= 4 is 5.69 Å². The Labute approximate surface area is 84.5 Å². The zero-order valence-electron chi connectivity index (χ0n) is 8.64. The highest BCUT2D eigenvalue weighted by Gasteiger charge is 2.29. The average Bonchev–Trinajstić information content (AvgIpc) is 2.91. The van der Waals surface area contributed by atoms with E-state index in [1.165, 1.54) is 41.8 Å². The summed E-state index contributed by atoms with van der Waals surface area (Å²) >= 11 is 0. The number of anilines is 1. The molecule has 0 aliphatic heterocycles. The van der Waals surface area contributed by atoms with Crippen LogP contribution >= 0.6 is 0 Å². The van der Waals surface area contributed by atoms with Crippen LogP contribution in [0.3, 0.4) is 0 Å². The van der Waals surface area contributed by atoms with Gasteiger partial charge in [-0.15, -0.1) is 0 Å². The number of fused-ring (bicyclic) bond motifs is 1. The molecule has 2 N–H and O–H groups in total. The predicted molar refractivity (Wildman–Crippen MR) is 57.4 cm³/mol. The maximum Gasteiger partial charge on any atom is 0.0487 e. The Hall–Kier alpha value is -1.05. The topological polar surface area (TPSA) is 38.9 Å². The molecule has 0 bridgehead atoms. The molecule has 3 rings (SSSR count). The quantitative estimate of drug-likeness (QED) is 0.734. The number of aryl methyl sites for hydroxylation is 1. The normalized spacial score (nSPS) is 19.8. The van der Waals surface area contributed by atoms with Gasteiger partial charge in [-0.2, -0.15) is 0 Å². The highest BCUT2D eigenvalue weighted by molar-refractivity contribution is 5.58. The highest BCUT2D eigenvalue weighted by atomic mass is 14.8. The lowest BCUT2D eigenvalue weighted by Crippen LogP contribution is -2.04. The highest BCUT2D eigenvalue weighted by Crippen LogP contribution is 2.43. The van der Waals surface area contributed by atoms with E-state index in [2.05, 4.69) is 6.92 Å². The zero-order valence-corrected chi connectivity index (χ0v) is 8.64. The zero-order chi connectivity index (χ0) is 9.71. The molecule has 2 aliphatic rings. The van der Waals surface area contributed by atoms with E-state index in [0.717, 1.165) is 24.4 Å². The molecule has 0 radical (unpaired) electrons. The van der Waals surface area contributed by atoms with Crippen molar-refractivity contribution < 1.29 is 0 Å². The second kappa shape index (κ2) is 2.72. The summed E-state index contributed by atoms with van der Waals surface area (Å²) in [6.07, 6.45) is 6.14. The number of hydrogen-bond acceptors (Lipinski definition) is 2. The standard InChI is InChI=1S/C12H16N2/c1-7-11(13)9-3-2-4-10(9)14-12(7)8-5-6-8/h8H,2-6H2,1H3,(H2,13,14). The minimum absolute atomic E-state index is 0.725. The molecule has 74 valence electrons. The number of nitrogens with zero attached hydrogens (tertiary/aromatic N) is 1. The fourth-order valence-corrected chi connectivity index (χ4v) is 2.49. The Morgan fingerprint density at radius 2 is 2.07 bits per heavy atom. The van der Waals surface area contributed by atoms with Gasteiger partial charge in [-0.1, -0.05) is 0 Å². The molecule has 2 aliphatic carbocycles. The van der Waals surface area contributed by atoms with Crippen LogP contribution in [0.5, 0.6) is 0 Å². The largest absolute Gasteiger partial charge is 0.398 e. The number of aromatic nitrogens is 1. The molecule has 0 aromatic carbocycles. The molecule has 0 spiro atoms. The molecule has 2 nitrogen and oxygen atoms in total. The molecule has 0 saturated heterocycles. The fraction of sp³-hybridized carbons (Fsp3) is 0.583. The summed E-state index contributed by atoms with van der Waals surface area (Å²) in [6.45, 7) is 2.13. The first kappa shape index (κ1) is 8.27. The van der Waals surface area contributed by atoms with Crippen LogP contribution in [0.2, 0.25) is 0 Å². The summed E-state index contributed by atoms with van der Waals surface area (Å²) in [5, 5.41) is 0. The van der Waals surface area contributed by atoms with Crippen molar-refractivity contribution in [2.24, 2.45) is 0 Å². The molecule has 1 fully saturated rings. The van der Waals surface area contributed by atoms with Crippen LogP contribution in [0, 0.1) is 6.92 Å². The number of pyridine rings is 1. The van der Waals surface area contributed by atoms with Crippen LogP contribution in [0.4, 0.5) is 5.69 Å². The van der Waals surface area contributed by atoms with Crippen LogP contribution in [-0.4, -0.2) is 4.98 Å². The Kier molecular flexibility index (Phi) is 1.61. The third-order valence-corrected chi connectivity index (χ3v) is 3.52. The summed E-state index contributed by atoms with van der Waals surface area (Å²) in [5.74, 6) is 0.725. The van der Waals surface area contributed by atoms with Gasteiger partial charge in [0.15, 0.2) is 0 Å². The first-order valence-electron chi connectivity index (χ1n) is 5.55. The second-order valence-electron chi connectivity index (χ2n) is 4.59. The Balaban J connectivity index is 2.18. The van der Waals surface area contributed by atoms with E-state index in [1.807, 2.05) is 0 Å². The number of hydrogen-bond donors (Lipinski definition) is 1. The van der Waals surface area contributed by atoms with Gasteiger partial charge < -0.3 is 5.73 Å². The van der Waals surface area contributed by atoms with E-state index in [-0.39, 0.29) is 0 Å². The second-order valence-corrected chi connectivity index (χ2v) is 4.59. The van der Waals surface area contributed by atoms with Gasteiger partial charge in [0, 0.05) is 23.0 Å². The smallest absolute Gasteiger partial charge is 0.0487 e. The van der Waals surface area contributed by atoms with Crippen LogP contribution in [0.15, 0.2) is 0 Å². The summed E-state index contributed by atoms with van der Waals surface area (Å²) < 4.78 is 0. The molecule has 14 heavy (non-hydrogen) atoms. The van der Waals surface area contributed by atoms with Gasteiger partial charge in [-0.25, -0.2) is 0 Å². The molecule has 2 heteroatoms. The maximum atomic E-state index is 6.16. The molecule has 1 saturated carbocycles. The lowest BCUT2D eigenvalue weighted by Gasteiger charge is -2.11. The average molecular weight is 188 g/mol. The van der Waals surface area contributed by atoms with Crippen LogP contribution in [0.1, 0.15) is 47.7 Å². The summed E-state index contributed by atoms with van der Waals surface area (Å²) in [6, 6.07) is 0. The Morgan fingerprint density at radius 3 is 2.79 bits per heavy atom. The summed E-state index contributed by atoms with van der Waals surface area (Å²) in [4.78, 5) is 4.80. The lowest BCUT2D eigenvalue weighted by atomic mass is 10.0. The van der Waals surface area contributed by atoms with Crippen molar-refractivity contribution in [3.63, 3.8) is 0 Å². The molecule has 0 atom stereocenters. The van der Waals surface area contributed by atoms with Gasteiger partial charge in [0.25, 0.3) is 0 Å². The van der Waals surface area contributed by atoms with Gasteiger partial charge in [0.2, 0.25) is 0 Å². The van der Waals surface area contributed by atoms with Gasteiger partial charge in [-0.3, -0.25) is 4.98 Å². The first-order chi connectivity index (χ1) is 6.77.